The molecule has 38 heavy (non-hydrogen) atoms. The van der Waals surface area contributed by atoms with Crippen molar-refractivity contribution in [2.75, 3.05) is 18.5 Å². The fourth-order valence-corrected chi connectivity index (χ4v) is 6.16. The van der Waals surface area contributed by atoms with E-state index >= 15 is 0 Å². The Morgan fingerprint density at radius 1 is 1.03 bits per heavy atom. The number of halogens is 2. The van der Waals surface area contributed by atoms with Crippen molar-refractivity contribution in [1.29, 1.82) is 0 Å². The average molecular weight is 648 g/mol. The molecule has 0 atom stereocenters. The normalized spacial score (nSPS) is 17.6. The number of hydrogen-bond donors (Lipinski definition) is 1. The molecule has 1 N–H and O–H groups in total. The molecule has 0 unspecified atom stereocenters. The van der Waals surface area contributed by atoms with Crippen molar-refractivity contribution in [3.05, 3.63) is 73.2 Å². The van der Waals surface area contributed by atoms with Gasteiger partial charge in [-0.25, -0.2) is 0 Å². The van der Waals surface area contributed by atoms with Crippen LogP contribution in [0.2, 0.25) is 5.02 Å². The number of ether oxygens (including phenoxy) is 3. The Bertz CT molecular complexity index is 1340. The number of carbonyl (C=O) groups is 3. The van der Waals surface area contributed by atoms with Crippen LogP contribution in [0.3, 0.4) is 0 Å². The first-order chi connectivity index (χ1) is 18.4. The lowest BCUT2D eigenvalue weighted by atomic mass is 9.73. The monoisotopic (exact) mass is 647 g/mol. The Hall–Kier alpha value is -2.85. The minimum Gasteiger partial charge on any atom is -0.490 e. The quantitative estimate of drug-likeness (QED) is 0.346. The van der Waals surface area contributed by atoms with Gasteiger partial charge in [0.05, 0.1) is 20.9 Å². The maximum atomic E-state index is 13.1. The van der Waals surface area contributed by atoms with Gasteiger partial charge in [0, 0.05) is 42.7 Å². The summed E-state index contributed by atoms with van der Waals surface area (Å²) in [5.74, 6) is 1.41. The maximum absolute atomic E-state index is 13.1. The summed E-state index contributed by atoms with van der Waals surface area (Å²) in [6.45, 7) is 1.98. The van der Waals surface area contributed by atoms with E-state index in [4.69, 9.17) is 25.8 Å². The van der Waals surface area contributed by atoms with Crippen LogP contribution in [0.4, 0.5) is 5.69 Å². The van der Waals surface area contributed by atoms with Crippen LogP contribution in [0, 0.1) is 3.57 Å². The summed E-state index contributed by atoms with van der Waals surface area (Å²) in [6, 6.07) is 10.7. The van der Waals surface area contributed by atoms with Gasteiger partial charge in [-0.3, -0.25) is 14.4 Å². The lowest BCUT2D eigenvalue weighted by molar-refractivity contribution is -0.119. The number of anilines is 1. The van der Waals surface area contributed by atoms with Gasteiger partial charge in [-0.15, -0.1) is 0 Å². The number of allylic oxidation sites excluding steroid dienone is 4. The van der Waals surface area contributed by atoms with E-state index in [2.05, 4.69) is 27.9 Å². The molecule has 0 aromatic heterocycles. The Balaban J connectivity index is 1.48. The summed E-state index contributed by atoms with van der Waals surface area (Å²) in [7, 11) is 0. The second-order valence-electron chi connectivity index (χ2n) is 9.34. The molecular weight excluding hydrogens is 621 g/mol. The molecule has 0 bridgehead atoms. The second-order valence-corrected chi connectivity index (χ2v) is 10.9. The zero-order valence-corrected chi connectivity index (χ0v) is 23.8. The van der Waals surface area contributed by atoms with Gasteiger partial charge in [-0.1, -0.05) is 23.7 Å². The predicted octanol–water partition coefficient (Wildman–Crippen LogP) is 6.49. The van der Waals surface area contributed by atoms with Gasteiger partial charge in [0.15, 0.2) is 29.7 Å². The van der Waals surface area contributed by atoms with Crippen LogP contribution in [-0.2, 0) is 19.1 Å². The molecule has 0 radical (unpaired) electrons. The number of carbonyl (C=O) groups excluding carboxylic acids is 3. The molecule has 1 heterocycles. The average Bonchev–Trinajstić information content (AvgIpc) is 2.89. The Morgan fingerprint density at radius 3 is 2.32 bits per heavy atom. The van der Waals surface area contributed by atoms with Gasteiger partial charge in [-0.05, 0) is 72.2 Å². The molecule has 1 aliphatic heterocycles. The fourth-order valence-electron chi connectivity index (χ4n) is 5.20. The van der Waals surface area contributed by atoms with Gasteiger partial charge >= 0.3 is 0 Å². The zero-order chi connectivity index (χ0) is 26.8. The Kier molecular flexibility index (Phi) is 8.09. The van der Waals surface area contributed by atoms with Crippen molar-refractivity contribution >= 4 is 57.4 Å². The number of para-hydroxylation sites is 1. The lowest BCUT2D eigenvalue weighted by Gasteiger charge is -2.36. The fraction of sp³-hybridized carbons (Fsp3) is 0.345. The first kappa shape index (κ1) is 26.7. The van der Waals surface area contributed by atoms with E-state index < -0.39 is 5.92 Å². The van der Waals surface area contributed by atoms with Gasteiger partial charge < -0.3 is 19.5 Å². The summed E-state index contributed by atoms with van der Waals surface area (Å²) in [5, 5.41) is 3.18. The van der Waals surface area contributed by atoms with Crippen LogP contribution >= 0.6 is 34.2 Å². The van der Waals surface area contributed by atoms with E-state index in [1.54, 1.807) is 24.3 Å². The minimum atomic E-state index is -0.500. The molecule has 1 amide bonds. The third kappa shape index (κ3) is 5.33. The van der Waals surface area contributed by atoms with Gasteiger partial charge in [0.2, 0.25) is 0 Å². The molecular formula is C29H27ClINO6. The van der Waals surface area contributed by atoms with Crippen molar-refractivity contribution in [3.63, 3.8) is 0 Å². The van der Waals surface area contributed by atoms with Crippen LogP contribution in [0.1, 0.15) is 56.9 Å². The number of amides is 1. The number of nitrogens with one attached hydrogen (secondary N) is 1. The summed E-state index contributed by atoms with van der Waals surface area (Å²) in [5.41, 5.74) is 2.44. The minimum absolute atomic E-state index is 0.0192. The highest BCUT2D eigenvalue weighted by molar-refractivity contribution is 14.1. The third-order valence-corrected chi connectivity index (χ3v) is 7.93. The Labute approximate surface area is 239 Å². The van der Waals surface area contributed by atoms with E-state index in [9.17, 15) is 14.4 Å². The number of benzene rings is 2. The molecule has 0 saturated carbocycles. The summed E-state index contributed by atoms with van der Waals surface area (Å²) < 4.78 is 18.7. The molecule has 0 saturated heterocycles. The van der Waals surface area contributed by atoms with E-state index in [0.717, 1.165) is 18.4 Å². The van der Waals surface area contributed by atoms with Crippen molar-refractivity contribution < 1.29 is 28.6 Å². The van der Waals surface area contributed by atoms with Crippen molar-refractivity contribution in [2.24, 2.45) is 0 Å². The van der Waals surface area contributed by atoms with E-state index in [1.165, 1.54) is 0 Å². The summed E-state index contributed by atoms with van der Waals surface area (Å²) in [4.78, 5) is 38.8. The molecule has 0 spiro atoms. The summed E-state index contributed by atoms with van der Waals surface area (Å²) in [6.07, 6.45) is 3.72. The maximum Gasteiger partial charge on any atom is 0.262 e. The van der Waals surface area contributed by atoms with Crippen LogP contribution < -0.4 is 14.8 Å². The third-order valence-electron chi connectivity index (χ3n) is 6.80. The Morgan fingerprint density at radius 2 is 1.68 bits per heavy atom. The van der Waals surface area contributed by atoms with Gasteiger partial charge in [0.1, 0.15) is 11.5 Å². The molecule has 9 heteroatoms. The number of rotatable bonds is 7. The number of hydrogen-bond acceptors (Lipinski definition) is 6. The molecule has 5 rings (SSSR count). The second kappa shape index (κ2) is 11.5. The van der Waals surface area contributed by atoms with Crippen molar-refractivity contribution in [2.45, 2.75) is 51.4 Å². The highest BCUT2D eigenvalue weighted by Crippen LogP contribution is 2.49. The highest BCUT2D eigenvalue weighted by atomic mass is 127. The molecule has 7 nitrogen and oxygen atoms in total. The van der Waals surface area contributed by atoms with Gasteiger partial charge in [0.25, 0.3) is 5.91 Å². The van der Waals surface area contributed by atoms with Crippen molar-refractivity contribution in [3.8, 4) is 11.5 Å². The van der Waals surface area contributed by atoms with E-state index in [-0.39, 0.29) is 24.1 Å². The highest BCUT2D eigenvalue weighted by Gasteiger charge is 2.42. The van der Waals surface area contributed by atoms with Crippen LogP contribution in [-0.4, -0.2) is 30.7 Å². The molecule has 2 aromatic carbocycles. The lowest BCUT2D eigenvalue weighted by Crippen LogP contribution is -2.30. The molecule has 0 fully saturated rings. The SMILES string of the molecule is CCOc1cc(C2C3=C(CCCC3=O)OC3=C2C(=O)CCC3)cc(I)c1OCC(=O)Nc1ccccc1Cl. The van der Waals surface area contributed by atoms with Crippen LogP contribution in [0.15, 0.2) is 59.1 Å². The molecule has 2 aliphatic carbocycles. The first-order valence-corrected chi connectivity index (χ1v) is 14.2. The van der Waals surface area contributed by atoms with Crippen LogP contribution in [0.5, 0.6) is 11.5 Å². The largest absolute Gasteiger partial charge is 0.490 e. The molecule has 3 aliphatic rings. The topological polar surface area (TPSA) is 90.9 Å². The first-order valence-electron chi connectivity index (χ1n) is 12.7. The summed E-state index contributed by atoms with van der Waals surface area (Å²) >= 11 is 8.28. The van der Waals surface area contributed by atoms with E-state index in [0.29, 0.717) is 80.7 Å². The number of Topliss-reactive ketones (excluding diaryl/α,β-unsaturated/α-hetero) is 2. The standard InChI is InChI=1S/C29H27ClINO6/c1-2-36-24-14-16(13-18(31)29(24)37-15-25(35)32-19-8-4-3-7-17(19)30)26-27-20(33)9-5-11-22(27)38-23-12-6-10-21(34)28(23)26/h3-4,7-8,13-14,26H,2,5-6,9-12,15H2,1H3,(H,32,35). The van der Waals surface area contributed by atoms with Gasteiger partial charge in [-0.2, -0.15) is 0 Å². The van der Waals surface area contributed by atoms with E-state index in [1.807, 2.05) is 19.1 Å². The predicted molar refractivity (Wildman–Crippen MR) is 151 cm³/mol. The van der Waals surface area contributed by atoms with Crippen molar-refractivity contribution in [1.82, 2.24) is 0 Å². The van der Waals surface area contributed by atoms with Crippen LogP contribution in [0.25, 0.3) is 0 Å². The number of ketones is 2. The zero-order valence-electron chi connectivity index (χ0n) is 20.9. The molecule has 198 valence electrons. The smallest absolute Gasteiger partial charge is 0.262 e. The molecule has 2 aromatic rings.